The predicted octanol–water partition coefficient (Wildman–Crippen LogP) is 1.35. The van der Waals surface area contributed by atoms with Gasteiger partial charge < -0.3 is 0 Å². The van der Waals surface area contributed by atoms with Crippen LogP contribution in [0.2, 0.25) is 5.02 Å². The fraction of sp³-hybridized carbons (Fsp3) is 0. The number of nitrogens with zero attached hydrogens (tertiary/aromatic N) is 2. The highest BCUT2D eigenvalue weighted by molar-refractivity contribution is 6.32. The van der Waals surface area contributed by atoms with Crippen molar-refractivity contribution in [1.82, 2.24) is 14.8 Å². The van der Waals surface area contributed by atoms with Crippen molar-refractivity contribution in [3.05, 3.63) is 45.9 Å². The first-order valence-electron chi connectivity index (χ1n) is 3.76. The van der Waals surface area contributed by atoms with Gasteiger partial charge in [-0.25, -0.2) is 19.0 Å². The Hall–Kier alpha value is -1.62. The molecule has 2 rings (SSSR count). The van der Waals surface area contributed by atoms with E-state index in [1.165, 1.54) is 24.5 Å². The average molecular weight is 214 g/mol. The molecule has 0 fully saturated rings. The number of benzene rings is 1. The van der Waals surface area contributed by atoms with E-state index in [-0.39, 0.29) is 10.7 Å². The van der Waals surface area contributed by atoms with E-state index in [9.17, 15) is 9.18 Å². The second kappa shape index (κ2) is 3.26. The quantitative estimate of drug-likeness (QED) is 0.778. The van der Waals surface area contributed by atoms with Crippen molar-refractivity contribution >= 4 is 11.6 Å². The highest BCUT2D eigenvalue weighted by Gasteiger charge is 2.09. The lowest BCUT2D eigenvalue weighted by Crippen LogP contribution is -2.06. The van der Waals surface area contributed by atoms with Gasteiger partial charge in [0.05, 0.1) is 5.02 Å². The molecule has 1 aromatic heterocycles. The highest BCUT2D eigenvalue weighted by atomic mass is 35.5. The third-order valence-electron chi connectivity index (χ3n) is 1.69. The van der Waals surface area contributed by atoms with E-state index in [0.29, 0.717) is 0 Å². The number of H-pyrrole nitrogens is 1. The molecule has 1 aromatic carbocycles. The maximum atomic E-state index is 13.3. The number of para-hydroxylation sites is 1. The maximum absolute atomic E-state index is 13.3. The molecule has 14 heavy (non-hydrogen) atoms. The van der Waals surface area contributed by atoms with Gasteiger partial charge in [-0.2, -0.15) is 4.98 Å². The first-order chi connectivity index (χ1) is 6.68. The summed E-state index contributed by atoms with van der Waals surface area (Å²) in [7, 11) is 0. The lowest BCUT2D eigenvalue weighted by atomic mass is 10.3. The third kappa shape index (κ3) is 1.42. The van der Waals surface area contributed by atoms with E-state index in [2.05, 4.69) is 10.1 Å². The molecule has 4 nitrogen and oxygen atoms in total. The molecule has 72 valence electrons. The zero-order chi connectivity index (χ0) is 10.1. The van der Waals surface area contributed by atoms with Gasteiger partial charge in [0.25, 0.3) is 0 Å². The van der Waals surface area contributed by atoms with Crippen LogP contribution in [0, 0.1) is 5.82 Å². The summed E-state index contributed by atoms with van der Waals surface area (Å²) in [6, 6.07) is 4.26. The number of hydrogen-bond donors (Lipinski definition) is 1. The predicted molar refractivity (Wildman–Crippen MR) is 49.2 cm³/mol. The molecule has 1 heterocycles. The molecule has 2 aromatic rings. The van der Waals surface area contributed by atoms with Crippen LogP contribution in [0.1, 0.15) is 0 Å². The zero-order valence-corrected chi connectivity index (χ0v) is 7.62. The van der Waals surface area contributed by atoms with E-state index in [0.717, 1.165) is 4.68 Å². The van der Waals surface area contributed by atoms with Gasteiger partial charge in [-0.15, -0.1) is 0 Å². The Morgan fingerprint density at radius 2 is 2.29 bits per heavy atom. The minimum Gasteiger partial charge on any atom is -0.244 e. The summed E-state index contributed by atoms with van der Waals surface area (Å²) in [5.74, 6) is -0.522. The van der Waals surface area contributed by atoms with Gasteiger partial charge >= 0.3 is 5.69 Å². The highest BCUT2D eigenvalue weighted by Crippen LogP contribution is 2.21. The van der Waals surface area contributed by atoms with Gasteiger partial charge in [0.2, 0.25) is 0 Å². The van der Waals surface area contributed by atoms with Gasteiger partial charge in [0, 0.05) is 0 Å². The van der Waals surface area contributed by atoms with E-state index in [1.807, 2.05) is 0 Å². The number of halogens is 2. The minimum atomic E-state index is -0.552. The smallest absolute Gasteiger partial charge is 0.244 e. The fourth-order valence-electron chi connectivity index (χ4n) is 1.10. The van der Waals surface area contributed by atoms with Crippen LogP contribution in [-0.4, -0.2) is 14.8 Å². The normalized spacial score (nSPS) is 10.4. The van der Waals surface area contributed by atoms with Crippen molar-refractivity contribution in [2.45, 2.75) is 0 Å². The molecule has 0 amide bonds. The van der Waals surface area contributed by atoms with E-state index in [4.69, 9.17) is 11.6 Å². The molecule has 0 atom stereocenters. The van der Waals surface area contributed by atoms with Crippen LogP contribution < -0.4 is 5.69 Å². The summed E-state index contributed by atoms with van der Waals surface area (Å²) >= 11 is 5.76. The molecule has 0 saturated heterocycles. The zero-order valence-electron chi connectivity index (χ0n) is 6.87. The van der Waals surface area contributed by atoms with Crippen molar-refractivity contribution < 1.29 is 4.39 Å². The Labute approximate surface area is 82.9 Å². The van der Waals surface area contributed by atoms with Crippen LogP contribution in [0.4, 0.5) is 4.39 Å². The fourth-order valence-corrected chi connectivity index (χ4v) is 1.36. The molecule has 0 saturated carbocycles. The summed E-state index contributed by atoms with van der Waals surface area (Å²) < 4.78 is 14.4. The van der Waals surface area contributed by atoms with Crippen molar-refractivity contribution in [2.75, 3.05) is 0 Å². The third-order valence-corrected chi connectivity index (χ3v) is 1.99. The topological polar surface area (TPSA) is 50.7 Å². The first-order valence-corrected chi connectivity index (χ1v) is 4.14. The van der Waals surface area contributed by atoms with E-state index >= 15 is 0 Å². The molecule has 0 bridgehead atoms. The van der Waals surface area contributed by atoms with Crippen molar-refractivity contribution in [3.8, 4) is 5.69 Å². The molecular formula is C8H5ClFN3O. The van der Waals surface area contributed by atoms with Crippen LogP contribution in [0.15, 0.2) is 29.3 Å². The van der Waals surface area contributed by atoms with Gasteiger partial charge in [-0.1, -0.05) is 17.7 Å². The largest absolute Gasteiger partial charge is 0.361 e. The van der Waals surface area contributed by atoms with Gasteiger partial charge in [-0.3, -0.25) is 0 Å². The Balaban J connectivity index is 2.67. The molecule has 0 aliphatic heterocycles. The maximum Gasteiger partial charge on any atom is 0.361 e. The summed E-state index contributed by atoms with van der Waals surface area (Å²) in [6.07, 6.45) is 1.17. The molecule has 1 N–H and O–H groups in total. The molecule has 0 radical (unpaired) electrons. The minimum absolute atomic E-state index is 0.0868. The second-order valence-corrected chi connectivity index (χ2v) is 3.01. The summed E-state index contributed by atoms with van der Waals surface area (Å²) in [5, 5.41) is 2.51. The monoisotopic (exact) mass is 213 g/mol. The lowest BCUT2D eigenvalue weighted by molar-refractivity contribution is 0.610. The summed E-state index contributed by atoms with van der Waals surface area (Å²) in [6.45, 7) is 0. The van der Waals surface area contributed by atoms with Crippen LogP contribution in [0.25, 0.3) is 5.69 Å². The summed E-state index contributed by atoms with van der Waals surface area (Å²) in [4.78, 5) is 14.1. The molecular weight excluding hydrogens is 209 g/mol. The Morgan fingerprint density at radius 1 is 1.50 bits per heavy atom. The van der Waals surface area contributed by atoms with Crippen molar-refractivity contribution in [3.63, 3.8) is 0 Å². The standard InChI is InChI=1S/C8H5ClFN3O/c9-5-2-1-3-6(10)7(5)13-4-11-8(14)12-13/h1-4H,(H,12,14). The van der Waals surface area contributed by atoms with Gasteiger partial charge in [0.1, 0.15) is 17.8 Å². The SMILES string of the molecule is O=c1ncn(-c2c(F)cccc2Cl)[nH]1. The second-order valence-electron chi connectivity index (χ2n) is 2.60. The lowest BCUT2D eigenvalue weighted by Gasteiger charge is -2.04. The van der Waals surface area contributed by atoms with Crippen LogP contribution in [-0.2, 0) is 0 Å². The Bertz CT molecular complexity index is 499. The Kier molecular flexibility index (Phi) is 2.09. The first kappa shape index (κ1) is 8.96. The van der Waals surface area contributed by atoms with Crippen molar-refractivity contribution in [1.29, 1.82) is 0 Å². The number of aromatic nitrogens is 3. The summed E-state index contributed by atoms with van der Waals surface area (Å²) in [5.41, 5.74) is -0.465. The molecule has 0 aliphatic carbocycles. The number of aromatic amines is 1. The van der Waals surface area contributed by atoms with E-state index in [1.54, 1.807) is 0 Å². The number of nitrogens with one attached hydrogen (secondary N) is 1. The molecule has 0 unspecified atom stereocenters. The number of hydrogen-bond acceptors (Lipinski definition) is 2. The van der Waals surface area contributed by atoms with E-state index < -0.39 is 11.5 Å². The van der Waals surface area contributed by atoms with Crippen LogP contribution in [0.3, 0.4) is 0 Å². The molecule has 0 aliphatic rings. The molecule has 0 spiro atoms. The van der Waals surface area contributed by atoms with Crippen LogP contribution in [0.5, 0.6) is 0 Å². The number of rotatable bonds is 1. The van der Waals surface area contributed by atoms with Gasteiger partial charge in [0.15, 0.2) is 0 Å². The van der Waals surface area contributed by atoms with Gasteiger partial charge in [-0.05, 0) is 12.1 Å². The van der Waals surface area contributed by atoms with Crippen molar-refractivity contribution in [2.24, 2.45) is 0 Å². The average Bonchev–Trinajstić information content (AvgIpc) is 2.51. The Morgan fingerprint density at radius 3 is 2.86 bits per heavy atom. The van der Waals surface area contributed by atoms with Crippen LogP contribution >= 0.6 is 11.6 Å². The molecule has 6 heteroatoms.